The van der Waals surface area contributed by atoms with Gasteiger partial charge in [-0.3, -0.25) is 9.59 Å². The molecule has 8 heteroatoms. The molecule has 0 saturated carbocycles. The Balaban J connectivity index is 1.71. The Kier molecular flexibility index (Phi) is 5.98. The van der Waals surface area contributed by atoms with Crippen LogP contribution in [0.2, 0.25) is 10.0 Å². The molecule has 0 atom stereocenters. The number of halogens is 2. The summed E-state index contributed by atoms with van der Waals surface area (Å²) in [5.41, 5.74) is 1.45. The molecule has 0 radical (unpaired) electrons. The van der Waals surface area contributed by atoms with E-state index >= 15 is 0 Å². The number of carbonyl (C=O) groups is 1. The Bertz CT molecular complexity index is 973. The van der Waals surface area contributed by atoms with Gasteiger partial charge in [0.15, 0.2) is 5.16 Å². The molecule has 2 N–H and O–H groups in total. The minimum Gasteiger partial charge on any atom is -0.323 e. The molecule has 0 aliphatic heterocycles. The van der Waals surface area contributed by atoms with Crippen LogP contribution in [0, 0.1) is 0 Å². The maximum atomic E-state index is 12.2. The molecule has 0 fully saturated rings. The van der Waals surface area contributed by atoms with Crippen LogP contribution in [-0.2, 0) is 4.79 Å². The van der Waals surface area contributed by atoms with E-state index in [4.69, 9.17) is 23.2 Å². The molecule has 3 rings (SSSR count). The summed E-state index contributed by atoms with van der Waals surface area (Å²) in [4.78, 5) is 31.0. The average molecular weight is 406 g/mol. The van der Waals surface area contributed by atoms with E-state index in [-0.39, 0.29) is 17.2 Å². The highest BCUT2D eigenvalue weighted by molar-refractivity contribution is 7.99. The zero-order chi connectivity index (χ0) is 18.5. The molecule has 0 unspecified atom stereocenters. The van der Waals surface area contributed by atoms with Gasteiger partial charge in [0.05, 0.1) is 27.2 Å². The largest absolute Gasteiger partial charge is 0.323 e. The fraction of sp³-hybridized carbons (Fsp3) is 0.0556. The molecule has 0 aliphatic rings. The third-order valence-electron chi connectivity index (χ3n) is 3.36. The highest BCUT2D eigenvalue weighted by Crippen LogP contribution is 2.30. The number of hydrogen-bond donors (Lipinski definition) is 2. The molecule has 1 amide bonds. The number of H-pyrrole nitrogens is 1. The van der Waals surface area contributed by atoms with Crippen molar-refractivity contribution in [3.63, 3.8) is 0 Å². The lowest BCUT2D eigenvalue weighted by Gasteiger charge is -2.09. The van der Waals surface area contributed by atoms with Crippen LogP contribution in [0.15, 0.2) is 64.5 Å². The number of aromatic nitrogens is 2. The second-order valence-corrected chi connectivity index (χ2v) is 7.01. The van der Waals surface area contributed by atoms with Crippen LogP contribution in [-0.4, -0.2) is 21.6 Å². The van der Waals surface area contributed by atoms with Crippen LogP contribution in [0.4, 0.5) is 5.69 Å². The summed E-state index contributed by atoms with van der Waals surface area (Å²) >= 11 is 13.2. The second-order valence-electron chi connectivity index (χ2n) is 5.24. The van der Waals surface area contributed by atoms with Crippen LogP contribution < -0.4 is 10.9 Å². The predicted octanol–water partition coefficient (Wildman–Crippen LogP) is 4.47. The van der Waals surface area contributed by atoms with Gasteiger partial charge in [-0.2, -0.15) is 0 Å². The Morgan fingerprint density at radius 1 is 1.08 bits per heavy atom. The van der Waals surface area contributed by atoms with Crippen molar-refractivity contribution in [1.29, 1.82) is 0 Å². The second kappa shape index (κ2) is 8.40. The van der Waals surface area contributed by atoms with E-state index in [2.05, 4.69) is 15.3 Å². The highest BCUT2D eigenvalue weighted by Gasteiger charge is 2.11. The standard InChI is InChI=1S/C18H13Cl2N3O2S/c19-12-7-4-8-13(20)17(12)22-16(25)10-26-18-21-14(9-15(24)23-18)11-5-2-1-3-6-11/h1-9H,10H2,(H,22,25)(H,21,23,24). The molecule has 1 heterocycles. The first-order chi connectivity index (χ1) is 12.5. The number of hydrogen-bond acceptors (Lipinski definition) is 4. The summed E-state index contributed by atoms with van der Waals surface area (Å²) in [5, 5.41) is 3.73. The SMILES string of the molecule is O=C(CSc1nc(-c2ccccc2)cc(=O)[nH]1)Nc1c(Cl)cccc1Cl. The van der Waals surface area contributed by atoms with E-state index in [0.717, 1.165) is 17.3 Å². The van der Waals surface area contributed by atoms with E-state index in [1.54, 1.807) is 18.2 Å². The fourth-order valence-electron chi connectivity index (χ4n) is 2.19. The highest BCUT2D eigenvalue weighted by atomic mass is 35.5. The molecule has 0 spiro atoms. The van der Waals surface area contributed by atoms with Crippen LogP contribution in [0.25, 0.3) is 11.3 Å². The molecular weight excluding hydrogens is 393 g/mol. The van der Waals surface area contributed by atoms with E-state index in [1.807, 2.05) is 30.3 Å². The lowest BCUT2D eigenvalue weighted by atomic mass is 10.1. The van der Waals surface area contributed by atoms with Crippen molar-refractivity contribution < 1.29 is 4.79 Å². The first-order valence-corrected chi connectivity index (χ1v) is 9.30. The lowest BCUT2D eigenvalue weighted by Crippen LogP contribution is -2.16. The van der Waals surface area contributed by atoms with Gasteiger partial charge in [-0.15, -0.1) is 0 Å². The summed E-state index contributed by atoms with van der Waals surface area (Å²) in [5.74, 6) is -0.263. The van der Waals surface area contributed by atoms with Crippen molar-refractivity contribution in [3.8, 4) is 11.3 Å². The van der Waals surface area contributed by atoms with Gasteiger partial charge in [-0.1, -0.05) is 71.4 Å². The number of amides is 1. The Morgan fingerprint density at radius 2 is 1.77 bits per heavy atom. The molecule has 0 saturated heterocycles. The van der Waals surface area contributed by atoms with E-state index < -0.39 is 0 Å². The van der Waals surface area contributed by atoms with Gasteiger partial charge in [0.25, 0.3) is 5.56 Å². The Labute approximate surface area is 163 Å². The normalized spacial score (nSPS) is 10.5. The summed E-state index contributed by atoms with van der Waals surface area (Å²) < 4.78 is 0. The van der Waals surface area contributed by atoms with Gasteiger partial charge in [-0.05, 0) is 12.1 Å². The number of carbonyl (C=O) groups excluding carboxylic acids is 1. The molecular formula is C18H13Cl2N3O2S. The molecule has 1 aromatic heterocycles. The number of thioether (sulfide) groups is 1. The molecule has 26 heavy (non-hydrogen) atoms. The number of anilines is 1. The Hall–Kier alpha value is -2.28. The zero-order valence-electron chi connectivity index (χ0n) is 13.3. The first kappa shape index (κ1) is 18.5. The predicted molar refractivity (Wildman–Crippen MR) is 106 cm³/mol. The monoisotopic (exact) mass is 405 g/mol. The molecule has 5 nitrogen and oxygen atoms in total. The molecule has 0 aliphatic carbocycles. The summed E-state index contributed by atoms with van der Waals surface area (Å²) in [6.45, 7) is 0. The van der Waals surface area contributed by atoms with Crippen molar-refractivity contribution in [3.05, 3.63) is 75.0 Å². The van der Waals surface area contributed by atoms with Gasteiger partial charge in [0.1, 0.15) is 0 Å². The van der Waals surface area contributed by atoms with Gasteiger partial charge in [0, 0.05) is 11.6 Å². The molecule has 3 aromatic rings. The minimum atomic E-state index is -0.308. The fourth-order valence-corrected chi connectivity index (χ4v) is 3.35. The van der Waals surface area contributed by atoms with Gasteiger partial charge in [-0.25, -0.2) is 4.98 Å². The number of benzene rings is 2. The average Bonchev–Trinajstić information content (AvgIpc) is 2.63. The van der Waals surface area contributed by atoms with Crippen LogP contribution in [0.1, 0.15) is 0 Å². The van der Waals surface area contributed by atoms with Crippen LogP contribution >= 0.6 is 35.0 Å². The van der Waals surface area contributed by atoms with Crippen LogP contribution in [0.3, 0.4) is 0 Å². The third kappa shape index (κ3) is 4.66. The van der Waals surface area contributed by atoms with Crippen molar-refractivity contribution in [2.24, 2.45) is 0 Å². The number of nitrogens with one attached hydrogen (secondary N) is 2. The van der Waals surface area contributed by atoms with Crippen molar-refractivity contribution in [1.82, 2.24) is 9.97 Å². The van der Waals surface area contributed by atoms with E-state index in [1.165, 1.54) is 6.07 Å². The van der Waals surface area contributed by atoms with E-state index in [9.17, 15) is 9.59 Å². The molecule has 2 aromatic carbocycles. The van der Waals surface area contributed by atoms with Crippen LogP contribution in [0.5, 0.6) is 0 Å². The van der Waals surface area contributed by atoms with Crippen molar-refractivity contribution >= 4 is 46.6 Å². The maximum absolute atomic E-state index is 12.2. The zero-order valence-corrected chi connectivity index (χ0v) is 15.7. The third-order valence-corrected chi connectivity index (χ3v) is 4.86. The van der Waals surface area contributed by atoms with Gasteiger partial charge >= 0.3 is 0 Å². The van der Waals surface area contributed by atoms with Gasteiger partial charge in [0.2, 0.25) is 5.91 Å². The van der Waals surface area contributed by atoms with E-state index in [0.29, 0.717) is 26.6 Å². The summed E-state index contributed by atoms with van der Waals surface area (Å²) in [6, 6.07) is 15.7. The van der Waals surface area contributed by atoms with Crippen molar-refractivity contribution in [2.75, 3.05) is 11.1 Å². The minimum absolute atomic E-state index is 0.0444. The Morgan fingerprint density at radius 3 is 2.46 bits per heavy atom. The quantitative estimate of drug-likeness (QED) is 0.484. The number of aromatic amines is 1. The maximum Gasteiger partial charge on any atom is 0.252 e. The molecule has 132 valence electrons. The van der Waals surface area contributed by atoms with Crippen molar-refractivity contribution in [2.45, 2.75) is 5.16 Å². The summed E-state index contributed by atoms with van der Waals surface area (Å²) in [6.07, 6.45) is 0. The lowest BCUT2D eigenvalue weighted by molar-refractivity contribution is -0.113. The number of nitrogens with zero attached hydrogens (tertiary/aromatic N) is 1. The summed E-state index contributed by atoms with van der Waals surface area (Å²) in [7, 11) is 0. The number of para-hydroxylation sites is 1. The smallest absolute Gasteiger partial charge is 0.252 e. The topological polar surface area (TPSA) is 74.8 Å². The number of rotatable bonds is 5. The first-order valence-electron chi connectivity index (χ1n) is 7.56. The molecule has 0 bridgehead atoms. The van der Waals surface area contributed by atoms with Gasteiger partial charge < -0.3 is 10.3 Å².